The summed E-state index contributed by atoms with van der Waals surface area (Å²) >= 11 is 0. The van der Waals surface area contributed by atoms with E-state index in [9.17, 15) is 14.7 Å². The Balaban J connectivity index is 1.94. The second-order valence-corrected chi connectivity index (χ2v) is 13.6. The lowest BCUT2D eigenvalue weighted by atomic mass is 9.65. The summed E-state index contributed by atoms with van der Waals surface area (Å²) in [4.78, 5) is 23.9. The van der Waals surface area contributed by atoms with Crippen molar-refractivity contribution in [2.75, 3.05) is 0 Å². The van der Waals surface area contributed by atoms with Crippen LogP contribution in [0.3, 0.4) is 0 Å². The van der Waals surface area contributed by atoms with Crippen molar-refractivity contribution in [3.8, 4) is 0 Å². The van der Waals surface area contributed by atoms with Crippen molar-refractivity contribution in [2.45, 2.75) is 94.1 Å². The summed E-state index contributed by atoms with van der Waals surface area (Å²) in [6.45, 7) is 20.3. The summed E-state index contributed by atoms with van der Waals surface area (Å²) in [5.74, 6) is 0.316. The topological polar surface area (TPSA) is 54.4 Å². The van der Waals surface area contributed by atoms with Crippen LogP contribution < -0.4 is 0 Å². The van der Waals surface area contributed by atoms with E-state index in [4.69, 9.17) is 0 Å². The minimum atomic E-state index is -1.10. The van der Waals surface area contributed by atoms with Crippen LogP contribution in [0.25, 0.3) is 0 Å². The third kappa shape index (κ3) is 11.6. The lowest BCUT2D eigenvalue weighted by Crippen LogP contribution is -2.43. The predicted molar refractivity (Wildman–Crippen MR) is 184 cm³/mol. The normalized spacial score (nSPS) is 26.3. The second-order valence-electron chi connectivity index (χ2n) is 13.6. The van der Waals surface area contributed by atoms with Crippen molar-refractivity contribution in [1.29, 1.82) is 0 Å². The van der Waals surface area contributed by atoms with Crippen LogP contribution >= 0.6 is 0 Å². The molecule has 1 unspecified atom stereocenters. The maximum atomic E-state index is 12.0. The van der Waals surface area contributed by atoms with Crippen molar-refractivity contribution < 1.29 is 14.7 Å². The Bertz CT molecular complexity index is 1390. The number of Topliss-reactive ketones (excluding diaryl/α,β-unsaturated/α-hetero) is 1. The highest BCUT2D eigenvalue weighted by Gasteiger charge is 2.43. The molecule has 1 saturated carbocycles. The standard InChI is InChI=1S/C40H52O3/c1-29(17-13-19-31(3)21-23-36-33(5)25-34(41)26-38(36,6)7)15-11-12-16-30(2)18-14-20-32(4)22-24-37-39(8,9)27-35(42)28-40(37,10)43/h11-25,43H,26-28H2,1-10H3/b15-11+,16-12+,19-13+,20-14+,29-17+,30-18+,31-21+,32-22+,36-23-,37-24-. The monoisotopic (exact) mass is 580 g/mol. The van der Waals surface area contributed by atoms with Crippen LogP contribution in [0, 0.1) is 10.8 Å². The van der Waals surface area contributed by atoms with Gasteiger partial charge in [0.15, 0.2) is 5.78 Å². The Morgan fingerprint density at radius 3 is 1.60 bits per heavy atom. The van der Waals surface area contributed by atoms with Gasteiger partial charge in [-0.2, -0.15) is 0 Å². The first kappa shape index (κ1) is 35.6. The molecule has 230 valence electrons. The molecule has 0 heterocycles. The molecule has 0 spiro atoms. The number of carbonyl (C=O) groups excluding carboxylic acids is 2. The van der Waals surface area contributed by atoms with E-state index in [0.29, 0.717) is 12.8 Å². The lowest BCUT2D eigenvalue weighted by molar-refractivity contribution is -0.127. The van der Waals surface area contributed by atoms with E-state index in [2.05, 4.69) is 83.2 Å². The van der Waals surface area contributed by atoms with Crippen molar-refractivity contribution in [1.82, 2.24) is 0 Å². The number of rotatable bonds is 9. The van der Waals surface area contributed by atoms with Crippen LogP contribution in [-0.2, 0) is 9.59 Å². The molecule has 0 bridgehead atoms. The second kappa shape index (κ2) is 15.3. The smallest absolute Gasteiger partial charge is 0.156 e. The number of ketones is 2. The maximum Gasteiger partial charge on any atom is 0.156 e. The van der Waals surface area contributed by atoms with Gasteiger partial charge in [0.05, 0.1) is 5.60 Å². The third-order valence-corrected chi connectivity index (χ3v) is 7.93. The van der Waals surface area contributed by atoms with Crippen LogP contribution in [-0.4, -0.2) is 22.3 Å². The molecule has 3 nitrogen and oxygen atoms in total. The Morgan fingerprint density at radius 2 is 1.12 bits per heavy atom. The molecule has 0 amide bonds. The lowest BCUT2D eigenvalue weighted by Gasteiger charge is -2.41. The maximum absolute atomic E-state index is 12.0. The van der Waals surface area contributed by atoms with Gasteiger partial charge in [-0.05, 0) is 75.2 Å². The molecule has 2 aliphatic carbocycles. The summed E-state index contributed by atoms with van der Waals surface area (Å²) in [5, 5.41) is 10.8. The van der Waals surface area contributed by atoms with E-state index >= 15 is 0 Å². The minimum absolute atomic E-state index is 0.111. The highest BCUT2D eigenvalue weighted by atomic mass is 16.3. The fraction of sp³-hybridized carbons (Fsp3) is 0.400. The predicted octanol–water partition coefficient (Wildman–Crippen LogP) is 9.93. The van der Waals surface area contributed by atoms with Crippen LogP contribution in [0.15, 0.2) is 130 Å². The fourth-order valence-corrected chi connectivity index (χ4v) is 5.83. The summed E-state index contributed by atoms with van der Waals surface area (Å²) in [6.07, 6.45) is 31.8. The number of carbonyl (C=O) groups is 2. The largest absolute Gasteiger partial charge is 0.385 e. The van der Waals surface area contributed by atoms with Crippen molar-refractivity contribution in [3.05, 3.63) is 130 Å². The average molecular weight is 581 g/mol. The third-order valence-electron chi connectivity index (χ3n) is 7.93. The molecule has 1 fully saturated rings. The zero-order chi connectivity index (χ0) is 32.4. The molecular weight excluding hydrogens is 528 g/mol. The van der Waals surface area contributed by atoms with Crippen molar-refractivity contribution in [2.24, 2.45) is 10.8 Å². The van der Waals surface area contributed by atoms with E-state index < -0.39 is 5.60 Å². The van der Waals surface area contributed by atoms with Gasteiger partial charge in [-0.1, -0.05) is 135 Å². The molecule has 0 radical (unpaired) electrons. The molecule has 2 aliphatic rings. The molecule has 1 atom stereocenters. The first-order chi connectivity index (χ1) is 19.9. The number of aliphatic hydroxyl groups is 1. The van der Waals surface area contributed by atoms with E-state index in [1.807, 2.05) is 64.2 Å². The molecule has 0 aromatic carbocycles. The molecule has 2 rings (SSSR count). The summed E-state index contributed by atoms with van der Waals surface area (Å²) < 4.78 is 0. The van der Waals surface area contributed by atoms with Gasteiger partial charge in [0.25, 0.3) is 0 Å². The zero-order valence-corrected chi connectivity index (χ0v) is 28.0. The van der Waals surface area contributed by atoms with Gasteiger partial charge in [-0.3, -0.25) is 9.59 Å². The highest BCUT2D eigenvalue weighted by molar-refractivity contribution is 5.93. The summed E-state index contributed by atoms with van der Waals surface area (Å²) in [5.41, 5.74) is 6.11. The molecule has 0 aromatic rings. The van der Waals surface area contributed by atoms with Crippen molar-refractivity contribution in [3.63, 3.8) is 0 Å². The molecule has 0 saturated heterocycles. The van der Waals surface area contributed by atoms with Gasteiger partial charge < -0.3 is 5.11 Å². The fourth-order valence-electron chi connectivity index (χ4n) is 5.83. The van der Waals surface area contributed by atoms with Crippen LogP contribution in [0.4, 0.5) is 0 Å². The quantitative estimate of drug-likeness (QED) is 0.276. The first-order valence-corrected chi connectivity index (χ1v) is 15.2. The van der Waals surface area contributed by atoms with Crippen LogP contribution in [0.1, 0.15) is 88.5 Å². The van der Waals surface area contributed by atoms with E-state index in [1.54, 1.807) is 13.0 Å². The average Bonchev–Trinajstić information content (AvgIpc) is 2.83. The van der Waals surface area contributed by atoms with E-state index in [-0.39, 0.29) is 28.8 Å². The Morgan fingerprint density at radius 1 is 0.651 bits per heavy atom. The van der Waals surface area contributed by atoms with Gasteiger partial charge in [-0.15, -0.1) is 0 Å². The van der Waals surface area contributed by atoms with E-state index in [1.165, 1.54) is 5.57 Å². The van der Waals surface area contributed by atoms with Gasteiger partial charge >= 0.3 is 0 Å². The molecule has 3 heteroatoms. The Hall–Kier alpha value is -3.56. The van der Waals surface area contributed by atoms with Crippen LogP contribution in [0.5, 0.6) is 0 Å². The Kier molecular flexibility index (Phi) is 12.6. The first-order valence-electron chi connectivity index (χ1n) is 15.2. The Labute approximate surface area is 260 Å². The van der Waals surface area contributed by atoms with Gasteiger partial charge in [0.1, 0.15) is 5.78 Å². The van der Waals surface area contributed by atoms with Crippen LogP contribution in [0.2, 0.25) is 0 Å². The SMILES string of the molecule is CC1=CC(=O)CC(C)(C)\C1=C/C=C(C)/C=C/C=C(C)/C=C/C=C/C(C)=C/C=C/C(C)=C/C=C1/C(C)(C)CC(=O)CC1(C)O. The van der Waals surface area contributed by atoms with Gasteiger partial charge in [0, 0.05) is 19.3 Å². The van der Waals surface area contributed by atoms with E-state index in [0.717, 1.165) is 33.4 Å². The molecular formula is C40H52O3. The zero-order valence-electron chi connectivity index (χ0n) is 28.0. The molecule has 1 N–H and O–H groups in total. The molecule has 43 heavy (non-hydrogen) atoms. The number of allylic oxidation sites excluding steroid dienone is 21. The van der Waals surface area contributed by atoms with Crippen molar-refractivity contribution >= 4 is 11.6 Å². The van der Waals surface area contributed by atoms with Gasteiger partial charge in [0.2, 0.25) is 0 Å². The minimum Gasteiger partial charge on any atom is -0.385 e. The highest BCUT2D eigenvalue weighted by Crippen LogP contribution is 2.44. The summed E-state index contributed by atoms with van der Waals surface area (Å²) in [7, 11) is 0. The number of hydrogen-bond donors (Lipinski definition) is 1. The molecule has 0 aliphatic heterocycles. The summed E-state index contributed by atoms with van der Waals surface area (Å²) in [6, 6.07) is 0. The molecule has 0 aromatic heterocycles. The van der Waals surface area contributed by atoms with Gasteiger partial charge in [-0.25, -0.2) is 0 Å². The number of hydrogen-bond acceptors (Lipinski definition) is 3.